The van der Waals surface area contributed by atoms with Crippen LogP contribution in [0.3, 0.4) is 0 Å². The quantitative estimate of drug-likeness (QED) is 0.674. The molecule has 0 aliphatic heterocycles. The van der Waals surface area contributed by atoms with E-state index in [-0.39, 0.29) is 0 Å². The van der Waals surface area contributed by atoms with Gasteiger partial charge in [-0.3, -0.25) is 0 Å². The first kappa shape index (κ1) is 12.6. The fourth-order valence-electron chi connectivity index (χ4n) is 2.49. The van der Waals surface area contributed by atoms with Crippen molar-refractivity contribution in [1.82, 2.24) is 9.97 Å². The fraction of sp³-hybridized carbons (Fsp3) is 0.286. The summed E-state index contributed by atoms with van der Waals surface area (Å²) in [4.78, 5) is 9.20. The van der Waals surface area contributed by atoms with Crippen molar-refractivity contribution in [3.63, 3.8) is 0 Å². The van der Waals surface area contributed by atoms with Gasteiger partial charge in [-0.15, -0.1) is 0 Å². The van der Waals surface area contributed by atoms with E-state index in [2.05, 4.69) is 37.4 Å². The van der Waals surface area contributed by atoms with Crippen molar-refractivity contribution in [3.05, 3.63) is 51.4 Å². The van der Waals surface area contributed by atoms with Crippen LogP contribution in [0.15, 0.2) is 28.7 Å². The van der Waals surface area contributed by atoms with E-state index in [1.54, 1.807) is 0 Å². The third-order valence-corrected chi connectivity index (χ3v) is 4.20. The van der Waals surface area contributed by atoms with Crippen LogP contribution in [0.1, 0.15) is 29.1 Å². The second kappa shape index (κ2) is 5.27. The van der Waals surface area contributed by atoms with E-state index in [9.17, 15) is 0 Å². The molecule has 0 saturated heterocycles. The van der Waals surface area contributed by atoms with Gasteiger partial charge in [0.1, 0.15) is 11.6 Å². The number of aryl methyl sites for hydroxylation is 1. The minimum Gasteiger partial charge on any atom is -0.308 e. The maximum Gasteiger partial charge on any atom is 0.147 e. The van der Waals surface area contributed by atoms with E-state index >= 15 is 0 Å². The molecular weight excluding hydrogens is 304 g/mol. The Morgan fingerprint density at radius 2 is 2.05 bits per heavy atom. The summed E-state index contributed by atoms with van der Waals surface area (Å²) in [7, 11) is 0. The first-order valence-electron chi connectivity index (χ1n) is 6.36. The molecule has 1 aliphatic rings. The van der Waals surface area contributed by atoms with Crippen molar-refractivity contribution >= 4 is 21.7 Å². The third-order valence-electron chi connectivity index (χ3n) is 3.42. The molecule has 19 heavy (non-hydrogen) atoms. The molecule has 3 rings (SSSR count). The van der Waals surface area contributed by atoms with Gasteiger partial charge in [0.25, 0.3) is 0 Å². The first-order valence-corrected chi connectivity index (χ1v) is 7.16. The second-order valence-corrected chi connectivity index (χ2v) is 5.53. The van der Waals surface area contributed by atoms with Crippen molar-refractivity contribution < 1.29 is 0 Å². The van der Waals surface area contributed by atoms with Gasteiger partial charge in [-0.2, -0.15) is 0 Å². The van der Waals surface area contributed by atoms with E-state index in [1.807, 2.05) is 18.2 Å². The average molecular weight is 319 g/mol. The fourth-order valence-corrected chi connectivity index (χ4v) is 2.92. The highest BCUT2D eigenvalue weighted by molar-refractivity contribution is 9.10. The lowest BCUT2D eigenvalue weighted by molar-refractivity contribution is 0.885. The van der Waals surface area contributed by atoms with Crippen molar-refractivity contribution in [2.24, 2.45) is 5.84 Å². The lowest BCUT2D eigenvalue weighted by atomic mass is 10.1. The van der Waals surface area contributed by atoms with E-state index in [1.165, 1.54) is 11.1 Å². The molecule has 2 aromatic rings. The molecule has 0 spiro atoms. The Labute approximate surface area is 120 Å². The van der Waals surface area contributed by atoms with Crippen LogP contribution >= 0.6 is 15.9 Å². The number of anilines is 1. The summed E-state index contributed by atoms with van der Waals surface area (Å²) in [6, 6.07) is 8.14. The maximum absolute atomic E-state index is 5.57. The van der Waals surface area contributed by atoms with Crippen molar-refractivity contribution in [3.8, 4) is 0 Å². The zero-order valence-corrected chi connectivity index (χ0v) is 12.1. The summed E-state index contributed by atoms with van der Waals surface area (Å²) in [5.74, 6) is 7.17. The molecule has 0 amide bonds. The zero-order chi connectivity index (χ0) is 13.2. The molecule has 5 heteroatoms. The molecule has 0 bridgehead atoms. The zero-order valence-electron chi connectivity index (χ0n) is 10.5. The smallest absolute Gasteiger partial charge is 0.147 e. The van der Waals surface area contributed by atoms with Crippen LogP contribution < -0.4 is 11.3 Å². The van der Waals surface area contributed by atoms with Gasteiger partial charge in [0, 0.05) is 22.2 Å². The van der Waals surface area contributed by atoms with Gasteiger partial charge < -0.3 is 5.43 Å². The van der Waals surface area contributed by atoms with E-state index in [4.69, 9.17) is 5.84 Å². The molecule has 0 fully saturated rings. The molecule has 1 aliphatic carbocycles. The summed E-state index contributed by atoms with van der Waals surface area (Å²) in [6.07, 6.45) is 3.89. The van der Waals surface area contributed by atoms with Crippen molar-refractivity contribution in [1.29, 1.82) is 0 Å². The topological polar surface area (TPSA) is 63.8 Å². The number of rotatable bonds is 3. The Balaban J connectivity index is 1.96. The summed E-state index contributed by atoms with van der Waals surface area (Å²) >= 11 is 3.56. The maximum atomic E-state index is 5.57. The second-order valence-electron chi connectivity index (χ2n) is 4.68. The molecule has 0 atom stereocenters. The summed E-state index contributed by atoms with van der Waals surface area (Å²) in [5, 5.41) is 0. The van der Waals surface area contributed by atoms with Crippen LogP contribution in [0.5, 0.6) is 0 Å². The Morgan fingerprint density at radius 3 is 2.84 bits per heavy atom. The van der Waals surface area contributed by atoms with Gasteiger partial charge in [0.2, 0.25) is 0 Å². The molecule has 0 radical (unpaired) electrons. The predicted octanol–water partition coefficient (Wildman–Crippen LogP) is 2.60. The van der Waals surface area contributed by atoms with Gasteiger partial charge in [0.05, 0.1) is 0 Å². The first-order chi connectivity index (χ1) is 9.28. The van der Waals surface area contributed by atoms with Gasteiger partial charge in [0.15, 0.2) is 0 Å². The van der Waals surface area contributed by atoms with Crippen molar-refractivity contribution in [2.45, 2.75) is 25.7 Å². The number of nitrogens with two attached hydrogens (primary N) is 1. The molecule has 0 unspecified atom stereocenters. The number of hydrogen-bond donors (Lipinski definition) is 2. The normalized spacial score (nSPS) is 13.4. The molecular formula is C14H15BrN4. The summed E-state index contributed by atoms with van der Waals surface area (Å²) in [5.41, 5.74) is 6.21. The number of benzene rings is 1. The largest absolute Gasteiger partial charge is 0.308 e. The lowest BCUT2D eigenvalue weighted by Crippen LogP contribution is -2.14. The lowest BCUT2D eigenvalue weighted by Gasteiger charge is -2.10. The predicted molar refractivity (Wildman–Crippen MR) is 78.8 cm³/mol. The highest BCUT2D eigenvalue weighted by Gasteiger charge is 2.19. The molecule has 4 nitrogen and oxygen atoms in total. The number of hydrogen-bond acceptors (Lipinski definition) is 4. The number of nitrogens with zero attached hydrogens (tertiary/aromatic N) is 2. The number of aromatic nitrogens is 2. The number of halogens is 1. The molecule has 98 valence electrons. The van der Waals surface area contributed by atoms with Gasteiger partial charge in [-0.25, -0.2) is 15.8 Å². The molecule has 1 aromatic carbocycles. The summed E-state index contributed by atoms with van der Waals surface area (Å²) < 4.78 is 1.08. The average Bonchev–Trinajstić information content (AvgIpc) is 2.89. The van der Waals surface area contributed by atoms with E-state index < -0.39 is 0 Å². The standard InChI is InChI=1S/C14H15BrN4/c15-11-6-2-1-4-9(11)8-13-17-12-7-3-5-10(12)14(18-13)19-16/h1-2,4,6H,3,5,7-8,16H2,(H,17,18,19). The van der Waals surface area contributed by atoms with Crippen LogP contribution in [0.25, 0.3) is 0 Å². The summed E-state index contributed by atoms with van der Waals surface area (Å²) in [6.45, 7) is 0. The number of nitrogen functional groups attached to an aromatic ring is 1. The van der Waals surface area contributed by atoms with Gasteiger partial charge >= 0.3 is 0 Å². The van der Waals surface area contributed by atoms with Crippen LogP contribution in [0.2, 0.25) is 0 Å². The Kier molecular flexibility index (Phi) is 3.48. The van der Waals surface area contributed by atoms with E-state index in [0.29, 0.717) is 6.42 Å². The number of nitrogens with one attached hydrogen (secondary N) is 1. The third kappa shape index (κ3) is 2.48. The number of fused-ring (bicyclic) bond motifs is 1. The Bertz CT molecular complexity index is 612. The molecule has 1 aromatic heterocycles. The minimum atomic E-state index is 0.712. The Morgan fingerprint density at radius 1 is 1.21 bits per heavy atom. The molecule has 1 heterocycles. The Hall–Kier alpha value is -1.46. The van der Waals surface area contributed by atoms with Crippen molar-refractivity contribution in [2.75, 3.05) is 5.43 Å². The minimum absolute atomic E-state index is 0.712. The van der Waals surface area contributed by atoms with Crippen LogP contribution in [-0.4, -0.2) is 9.97 Å². The SMILES string of the molecule is NNc1nc(Cc2ccccc2Br)nc2c1CCC2. The van der Waals surface area contributed by atoms with Crippen LogP contribution in [0, 0.1) is 0 Å². The van der Waals surface area contributed by atoms with Crippen LogP contribution in [0.4, 0.5) is 5.82 Å². The molecule has 3 N–H and O–H groups in total. The van der Waals surface area contributed by atoms with Gasteiger partial charge in [-0.05, 0) is 30.9 Å². The molecule has 0 saturated carbocycles. The highest BCUT2D eigenvalue weighted by Crippen LogP contribution is 2.27. The van der Waals surface area contributed by atoms with E-state index in [0.717, 1.165) is 41.1 Å². The number of hydrazine groups is 1. The van der Waals surface area contributed by atoms with Gasteiger partial charge in [-0.1, -0.05) is 34.1 Å². The highest BCUT2D eigenvalue weighted by atomic mass is 79.9. The monoisotopic (exact) mass is 318 g/mol. The van der Waals surface area contributed by atoms with Crippen LogP contribution in [-0.2, 0) is 19.3 Å².